The molecule has 28 heavy (non-hydrogen) atoms. The van der Waals surface area contributed by atoms with Crippen molar-refractivity contribution in [2.75, 3.05) is 25.0 Å². The zero-order valence-electron chi connectivity index (χ0n) is 16.5. The van der Waals surface area contributed by atoms with Crippen LogP contribution in [0.1, 0.15) is 38.8 Å². The van der Waals surface area contributed by atoms with Gasteiger partial charge in [0, 0.05) is 32.4 Å². The zero-order chi connectivity index (χ0) is 20.5. The molecule has 1 aliphatic heterocycles. The van der Waals surface area contributed by atoms with Gasteiger partial charge in [-0.3, -0.25) is 4.79 Å². The Labute approximate surface area is 163 Å². The van der Waals surface area contributed by atoms with Crippen LogP contribution >= 0.6 is 0 Å². The minimum absolute atomic E-state index is 0.0202. The normalized spacial score (nSPS) is 25.8. The van der Waals surface area contributed by atoms with E-state index in [1.807, 2.05) is 4.90 Å². The Morgan fingerprint density at radius 3 is 2.71 bits per heavy atom. The smallest absolute Gasteiger partial charge is 0.358 e. The summed E-state index contributed by atoms with van der Waals surface area (Å²) in [4.78, 5) is 21.9. The van der Waals surface area contributed by atoms with Gasteiger partial charge in [0.25, 0.3) is 0 Å². The van der Waals surface area contributed by atoms with Gasteiger partial charge >= 0.3 is 6.18 Å². The van der Waals surface area contributed by atoms with Gasteiger partial charge < -0.3 is 15.5 Å². The monoisotopic (exact) mass is 399 g/mol. The van der Waals surface area contributed by atoms with Crippen LogP contribution in [0.15, 0.2) is 12.3 Å². The molecule has 0 spiro atoms. The van der Waals surface area contributed by atoms with Crippen LogP contribution in [0, 0.1) is 17.8 Å². The number of rotatable bonds is 6. The number of likely N-dealkylation sites (N-methyl/N-ethyl adjacent to an activating group) is 1. The number of fused-ring (bicyclic) bond motifs is 1. The summed E-state index contributed by atoms with van der Waals surface area (Å²) in [7, 11) is 1.64. The molecular formula is C19H28F3N5O. The fourth-order valence-corrected chi connectivity index (χ4v) is 4.45. The fraction of sp³-hybridized carbons (Fsp3) is 0.737. The summed E-state index contributed by atoms with van der Waals surface area (Å²) in [6.07, 6.45) is -0.611. The molecule has 1 saturated carbocycles. The van der Waals surface area contributed by atoms with Crippen molar-refractivity contribution in [3.05, 3.63) is 18.0 Å². The largest absolute Gasteiger partial charge is 0.433 e. The molecule has 1 amide bonds. The molecule has 1 aliphatic carbocycles. The molecule has 0 radical (unpaired) electrons. The third kappa shape index (κ3) is 4.56. The van der Waals surface area contributed by atoms with E-state index in [0.29, 0.717) is 24.9 Å². The van der Waals surface area contributed by atoms with Gasteiger partial charge in [-0.25, -0.2) is 9.97 Å². The number of anilines is 1. The van der Waals surface area contributed by atoms with Crippen molar-refractivity contribution in [2.45, 2.75) is 51.4 Å². The quantitative estimate of drug-likeness (QED) is 0.769. The zero-order valence-corrected chi connectivity index (χ0v) is 16.5. The molecule has 2 aliphatic rings. The molecule has 2 N–H and O–H groups in total. The van der Waals surface area contributed by atoms with Crippen molar-refractivity contribution in [3.8, 4) is 0 Å². The average Bonchev–Trinajstić information content (AvgIpc) is 3.21. The van der Waals surface area contributed by atoms with Crippen molar-refractivity contribution in [1.82, 2.24) is 20.6 Å². The molecule has 4 atom stereocenters. The van der Waals surface area contributed by atoms with Crippen molar-refractivity contribution in [3.63, 3.8) is 0 Å². The van der Waals surface area contributed by atoms with Gasteiger partial charge in [0.1, 0.15) is 5.69 Å². The molecule has 9 heteroatoms. The van der Waals surface area contributed by atoms with Crippen LogP contribution < -0.4 is 15.5 Å². The molecule has 2 heterocycles. The first-order valence-corrected chi connectivity index (χ1v) is 9.82. The lowest BCUT2D eigenvalue weighted by Gasteiger charge is -2.27. The summed E-state index contributed by atoms with van der Waals surface area (Å²) in [5, 5.41) is 6.24. The Balaban J connectivity index is 1.69. The maximum absolute atomic E-state index is 12.9. The summed E-state index contributed by atoms with van der Waals surface area (Å²) in [6, 6.07) is 0.805. The van der Waals surface area contributed by atoms with E-state index in [1.54, 1.807) is 7.05 Å². The number of nitrogens with zero attached hydrogens (tertiary/aromatic N) is 3. The second-order valence-corrected chi connectivity index (χ2v) is 8.22. The second kappa shape index (κ2) is 8.23. The molecular weight excluding hydrogens is 371 g/mol. The Kier molecular flexibility index (Phi) is 6.12. The third-order valence-corrected chi connectivity index (χ3v) is 5.76. The number of carbonyl (C=O) groups is 1. The summed E-state index contributed by atoms with van der Waals surface area (Å²) < 4.78 is 38.8. The van der Waals surface area contributed by atoms with E-state index in [9.17, 15) is 18.0 Å². The Morgan fingerprint density at radius 1 is 1.32 bits per heavy atom. The lowest BCUT2D eigenvalue weighted by Crippen LogP contribution is -2.50. The number of halogens is 3. The van der Waals surface area contributed by atoms with E-state index in [-0.39, 0.29) is 29.9 Å². The first-order valence-electron chi connectivity index (χ1n) is 9.82. The van der Waals surface area contributed by atoms with Crippen molar-refractivity contribution in [1.29, 1.82) is 0 Å². The molecule has 3 rings (SSSR count). The van der Waals surface area contributed by atoms with E-state index in [4.69, 9.17) is 0 Å². The van der Waals surface area contributed by atoms with Crippen LogP contribution in [-0.4, -0.2) is 48.1 Å². The van der Waals surface area contributed by atoms with E-state index in [1.165, 1.54) is 6.20 Å². The fourth-order valence-electron chi connectivity index (χ4n) is 4.45. The van der Waals surface area contributed by atoms with Gasteiger partial charge in [-0.15, -0.1) is 0 Å². The van der Waals surface area contributed by atoms with E-state index >= 15 is 0 Å². The molecule has 0 bridgehead atoms. The van der Waals surface area contributed by atoms with Gasteiger partial charge in [0.05, 0.1) is 6.04 Å². The summed E-state index contributed by atoms with van der Waals surface area (Å²) in [5.74, 6) is 1.14. The van der Waals surface area contributed by atoms with Gasteiger partial charge in [-0.05, 0) is 43.1 Å². The summed E-state index contributed by atoms with van der Waals surface area (Å²) in [5.41, 5.74) is -0.916. The van der Waals surface area contributed by atoms with Gasteiger partial charge in [-0.1, -0.05) is 13.8 Å². The molecule has 2 fully saturated rings. The third-order valence-electron chi connectivity index (χ3n) is 5.76. The molecule has 0 aromatic carbocycles. The SMILES string of the molecule is CNC(=O)[C@H](CC(C)C)NC1CCC2CN(c3nccc(C(F)(F)F)n3)CC21. The molecule has 1 saturated heterocycles. The van der Waals surface area contributed by atoms with Gasteiger partial charge in [-0.2, -0.15) is 13.2 Å². The van der Waals surface area contributed by atoms with E-state index in [2.05, 4.69) is 34.4 Å². The lowest BCUT2D eigenvalue weighted by molar-refractivity contribution is -0.141. The Hall–Kier alpha value is -1.90. The highest BCUT2D eigenvalue weighted by molar-refractivity contribution is 5.81. The van der Waals surface area contributed by atoms with Crippen LogP contribution in [0.2, 0.25) is 0 Å². The van der Waals surface area contributed by atoms with Crippen molar-refractivity contribution < 1.29 is 18.0 Å². The molecule has 3 unspecified atom stereocenters. The number of aromatic nitrogens is 2. The van der Waals surface area contributed by atoms with Crippen LogP contribution in [0.3, 0.4) is 0 Å². The summed E-state index contributed by atoms with van der Waals surface area (Å²) in [6.45, 7) is 5.42. The number of hydrogen-bond donors (Lipinski definition) is 2. The van der Waals surface area contributed by atoms with Gasteiger partial charge in [0.2, 0.25) is 11.9 Å². The van der Waals surface area contributed by atoms with Crippen LogP contribution in [0.25, 0.3) is 0 Å². The Bertz CT molecular complexity index is 696. The maximum atomic E-state index is 12.9. The standard InChI is InChI=1S/C19H28F3N5O/c1-11(2)8-15(17(28)23-3)25-14-5-4-12-9-27(10-13(12)14)18-24-7-6-16(26-18)19(20,21)22/h6-7,11-15,25H,4-5,8-10H2,1-3H3,(H,23,28)/t12?,13?,14?,15-/m0/s1. The van der Waals surface area contributed by atoms with E-state index < -0.39 is 11.9 Å². The number of alkyl halides is 3. The predicted molar refractivity (Wildman–Crippen MR) is 99.7 cm³/mol. The highest BCUT2D eigenvalue weighted by Gasteiger charge is 2.44. The highest BCUT2D eigenvalue weighted by atomic mass is 19.4. The molecule has 1 aromatic heterocycles. The predicted octanol–water partition coefficient (Wildman–Crippen LogP) is 2.46. The first-order chi connectivity index (χ1) is 13.2. The highest BCUT2D eigenvalue weighted by Crippen LogP contribution is 2.40. The topological polar surface area (TPSA) is 70.2 Å². The van der Waals surface area contributed by atoms with E-state index in [0.717, 1.165) is 25.3 Å². The minimum atomic E-state index is -4.48. The maximum Gasteiger partial charge on any atom is 0.433 e. The first kappa shape index (κ1) is 20.8. The second-order valence-electron chi connectivity index (χ2n) is 8.22. The summed E-state index contributed by atoms with van der Waals surface area (Å²) >= 11 is 0. The van der Waals surface area contributed by atoms with Crippen molar-refractivity contribution in [2.24, 2.45) is 17.8 Å². The van der Waals surface area contributed by atoms with Gasteiger partial charge in [0.15, 0.2) is 0 Å². The average molecular weight is 399 g/mol. The molecule has 6 nitrogen and oxygen atoms in total. The number of carbonyl (C=O) groups excluding carboxylic acids is 1. The minimum Gasteiger partial charge on any atom is -0.358 e. The Morgan fingerprint density at radius 2 is 2.07 bits per heavy atom. The lowest BCUT2D eigenvalue weighted by atomic mass is 9.95. The van der Waals surface area contributed by atoms with Crippen LogP contribution in [-0.2, 0) is 11.0 Å². The number of hydrogen-bond acceptors (Lipinski definition) is 5. The van der Waals surface area contributed by atoms with Crippen LogP contribution in [0.5, 0.6) is 0 Å². The van der Waals surface area contributed by atoms with Crippen LogP contribution in [0.4, 0.5) is 19.1 Å². The van der Waals surface area contributed by atoms with Crippen molar-refractivity contribution >= 4 is 11.9 Å². The number of amides is 1. The number of nitrogens with one attached hydrogen (secondary N) is 2. The molecule has 156 valence electrons. The molecule has 1 aromatic rings.